The van der Waals surface area contributed by atoms with Gasteiger partial charge in [0.25, 0.3) is 23.0 Å². The molecular weight excluding hydrogens is 492 g/mol. The molecule has 3 aromatic rings. The number of ether oxygens (including phenoxy) is 1. The van der Waals surface area contributed by atoms with E-state index in [9.17, 15) is 13.2 Å². The summed E-state index contributed by atoms with van der Waals surface area (Å²) in [6, 6.07) is 13.5. The van der Waals surface area contributed by atoms with Crippen LogP contribution in [0.1, 0.15) is 17.4 Å². The van der Waals surface area contributed by atoms with Crippen molar-refractivity contribution in [3.8, 4) is 0 Å². The van der Waals surface area contributed by atoms with Crippen molar-refractivity contribution in [1.82, 2.24) is 14.1 Å². The van der Waals surface area contributed by atoms with E-state index in [1.807, 2.05) is 6.07 Å². The Bertz CT molecular complexity index is 1260. The second-order valence-corrected chi connectivity index (χ2v) is 9.20. The average molecular weight is 521 g/mol. The highest BCUT2D eigenvalue weighted by Crippen LogP contribution is 2.28. The molecule has 2 heterocycles. The number of esters is 1. The number of rotatable bonds is 5. The highest BCUT2D eigenvalue weighted by Gasteiger charge is 2.27. The zero-order valence-electron chi connectivity index (χ0n) is 19.9. The van der Waals surface area contributed by atoms with Crippen molar-refractivity contribution in [3.63, 3.8) is 0 Å². The second-order valence-electron chi connectivity index (χ2n) is 7.43. The van der Waals surface area contributed by atoms with Crippen LogP contribution in [0.3, 0.4) is 0 Å². The molecule has 12 nitrogen and oxygen atoms in total. The van der Waals surface area contributed by atoms with Gasteiger partial charge in [0, 0.05) is 37.3 Å². The smallest absolute Gasteiger partial charge is 0.359 e. The number of nitrogens with zero attached hydrogens (tertiary/aromatic N) is 4. The Morgan fingerprint density at radius 3 is 2.17 bits per heavy atom. The molecule has 0 saturated carbocycles. The highest BCUT2D eigenvalue weighted by atomic mass is 32.2. The summed E-state index contributed by atoms with van der Waals surface area (Å²) >= 11 is 0. The van der Waals surface area contributed by atoms with E-state index in [4.69, 9.17) is 24.5 Å². The largest absolute Gasteiger partial charge is 0.483 e. The minimum atomic E-state index is -3.98. The topological polar surface area (TPSA) is 159 Å². The molecule has 1 aromatic heterocycles. The molecule has 0 bridgehead atoms. The van der Waals surface area contributed by atoms with E-state index in [0.29, 0.717) is 10.9 Å². The first-order chi connectivity index (χ1) is 17.2. The number of aromatic nitrogens is 2. The molecule has 0 aliphatic carbocycles. The van der Waals surface area contributed by atoms with Crippen molar-refractivity contribution in [1.29, 1.82) is 0 Å². The Hall–Kier alpha value is -3.97. The summed E-state index contributed by atoms with van der Waals surface area (Å²) in [5, 5.41) is 18.4. The van der Waals surface area contributed by atoms with Gasteiger partial charge < -0.3 is 24.7 Å². The number of piperazine rings is 1. The number of hydrogen-bond donors (Lipinski definition) is 2. The Kier molecular flexibility index (Phi) is 10.4. The van der Waals surface area contributed by atoms with Crippen LogP contribution >= 0.6 is 0 Å². The molecule has 0 unspecified atom stereocenters. The minimum Gasteiger partial charge on any atom is -0.483 e. The molecule has 2 aromatic carbocycles. The SMILES string of the molecule is CCOC(=O)c1nn(S(=O)(=O)c2ccccc2)c2cc(N3CCN(C)CC3)ccc12.O=CO.O=CO. The summed E-state index contributed by atoms with van der Waals surface area (Å²) in [4.78, 5) is 33.7. The molecule has 194 valence electrons. The van der Waals surface area contributed by atoms with Crippen LogP contribution in [0.5, 0.6) is 0 Å². The van der Waals surface area contributed by atoms with Gasteiger partial charge in [-0.15, -0.1) is 5.10 Å². The van der Waals surface area contributed by atoms with Gasteiger partial charge in [-0.05, 0) is 44.3 Å². The first-order valence-electron chi connectivity index (χ1n) is 10.8. The number of carbonyl (C=O) groups excluding carboxylic acids is 1. The van der Waals surface area contributed by atoms with Gasteiger partial charge in [-0.3, -0.25) is 9.59 Å². The average Bonchev–Trinajstić information content (AvgIpc) is 3.26. The zero-order chi connectivity index (χ0) is 26.7. The van der Waals surface area contributed by atoms with Crippen LogP contribution < -0.4 is 4.90 Å². The van der Waals surface area contributed by atoms with Crippen molar-refractivity contribution in [2.45, 2.75) is 11.8 Å². The lowest BCUT2D eigenvalue weighted by Gasteiger charge is -2.34. The molecule has 2 N–H and O–H groups in total. The van der Waals surface area contributed by atoms with E-state index in [0.717, 1.165) is 36.0 Å². The van der Waals surface area contributed by atoms with Crippen LogP contribution in [0.15, 0.2) is 53.4 Å². The summed E-state index contributed by atoms with van der Waals surface area (Å²) in [6.45, 7) is 4.90. The fraction of sp³-hybridized carbons (Fsp3) is 0.304. The van der Waals surface area contributed by atoms with E-state index >= 15 is 0 Å². The molecule has 13 heteroatoms. The molecule has 4 rings (SSSR count). The van der Waals surface area contributed by atoms with Gasteiger partial charge in [0.1, 0.15) is 0 Å². The van der Waals surface area contributed by atoms with Crippen LogP contribution in [-0.4, -0.2) is 91.5 Å². The van der Waals surface area contributed by atoms with Gasteiger partial charge >= 0.3 is 5.97 Å². The normalized spacial score (nSPS) is 13.6. The molecule has 1 saturated heterocycles. The van der Waals surface area contributed by atoms with Gasteiger partial charge in [0.2, 0.25) is 0 Å². The molecule has 0 radical (unpaired) electrons. The lowest BCUT2D eigenvalue weighted by molar-refractivity contribution is -0.123. The number of carboxylic acid groups (broad SMARTS) is 2. The third kappa shape index (κ3) is 6.58. The standard InChI is InChI=1S/C21H24N4O4S.2CH2O2/c1-3-29-21(26)20-18-10-9-16(24-13-11-23(2)12-14-24)15-19(18)25(22-20)30(27,28)17-7-5-4-6-8-17;2*2-1-3/h4-10,15H,3,11-14H2,1-2H3;2*1H,(H,2,3). The first-order valence-corrected chi connectivity index (χ1v) is 12.3. The minimum absolute atomic E-state index is 0.00344. The van der Waals surface area contributed by atoms with Crippen LogP contribution in [0, 0.1) is 0 Å². The highest BCUT2D eigenvalue weighted by molar-refractivity contribution is 7.90. The Morgan fingerprint density at radius 1 is 1.03 bits per heavy atom. The number of anilines is 1. The lowest BCUT2D eigenvalue weighted by Crippen LogP contribution is -2.44. The summed E-state index contributed by atoms with van der Waals surface area (Å²) in [5.41, 5.74) is 1.25. The maximum atomic E-state index is 13.3. The maximum Gasteiger partial charge on any atom is 0.359 e. The molecule has 0 spiro atoms. The Balaban J connectivity index is 0.000000693. The van der Waals surface area contributed by atoms with Crippen molar-refractivity contribution in [2.75, 3.05) is 44.7 Å². The predicted molar refractivity (Wildman–Crippen MR) is 132 cm³/mol. The van der Waals surface area contributed by atoms with E-state index in [1.54, 1.807) is 37.3 Å². The third-order valence-electron chi connectivity index (χ3n) is 5.24. The van der Waals surface area contributed by atoms with Gasteiger partial charge in [-0.1, -0.05) is 18.2 Å². The van der Waals surface area contributed by atoms with Gasteiger partial charge in [0.05, 0.1) is 17.0 Å². The number of carbonyl (C=O) groups is 3. The zero-order valence-corrected chi connectivity index (χ0v) is 20.7. The van der Waals surface area contributed by atoms with E-state index in [-0.39, 0.29) is 30.1 Å². The Labute approximate surface area is 208 Å². The fourth-order valence-corrected chi connectivity index (χ4v) is 4.86. The molecule has 0 amide bonds. The predicted octanol–water partition coefficient (Wildman–Crippen LogP) is 1.60. The van der Waals surface area contributed by atoms with Crippen molar-refractivity contribution in [2.24, 2.45) is 0 Å². The van der Waals surface area contributed by atoms with E-state index < -0.39 is 16.0 Å². The van der Waals surface area contributed by atoms with Crippen molar-refractivity contribution in [3.05, 3.63) is 54.2 Å². The summed E-state index contributed by atoms with van der Waals surface area (Å²) < 4.78 is 32.6. The molecule has 1 aliphatic heterocycles. The van der Waals surface area contributed by atoms with E-state index in [1.165, 1.54) is 12.1 Å². The molecule has 1 fully saturated rings. The fourth-order valence-electron chi connectivity index (χ4n) is 3.56. The van der Waals surface area contributed by atoms with Gasteiger partial charge in [0.15, 0.2) is 5.69 Å². The monoisotopic (exact) mass is 520 g/mol. The van der Waals surface area contributed by atoms with Crippen LogP contribution in [0.2, 0.25) is 0 Å². The van der Waals surface area contributed by atoms with E-state index in [2.05, 4.69) is 21.9 Å². The number of hydrogen-bond acceptors (Lipinski definition) is 9. The Morgan fingerprint density at radius 2 is 1.61 bits per heavy atom. The maximum absolute atomic E-state index is 13.3. The summed E-state index contributed by atoms with van der Waals surface area (Å²) in [5.74, 6) is -0.642. The van der Waals surface area contributed by atoms with Gasteiger partial charge in [-0.25, -0.2) is 4.79 Å². The molecule has 0 atom stereocenters. The molecule has 36 heavy (non-hydrogen) atoms. The van der Waals surface area contributed by atoms with Crippen molar-refractivity contribution < 1.29 is 37.8 Å². The summed E-state index contributed by atoms with van der Waals surface area (Å²) in [7, 11) is -1.90. The lowest BCUT2D eigenvalue weighted by atomic mass is 10.1. The van der Waals surface area contributed by atoms with Gasteiger partial charge in [-0.2, -0.15) is 12.5 Å². The van der Waals surface area contributed by atoms with Crippen LogP contribution in [0.25, 0.3) is 10.9 Å². The number of likely N-dealkylation sites (N-methyl/N-ethyl adjacent to an activating group) is 1. The number of benzene rings is 2. The third-order valence-corrected chi connectivity index (χ3v) is 6.84. The quantitative estimate of drug-likeness (QED) is 0.372. The summed E-state index contributed by atoms with van der Waals surface area (Å²) in [6.07, 6.45) is 0. The molecule has 1 aliphatic rings. The first kappa shape index (κ1) is 28.3. The van der Waals surface area contributed by atoms with Crippen LogP contribution in [0.4, 0.5) is 5.69 Å². The molecular formula is C23H28N4O8S. The number of fused-ring (bicyclic) bond motifs is 1. The van der Waals surface area contributed by atoms with Crippen molar-refractivity contribution >= 4 is 45.5 Å². The van der Waals surface area contributed by atoms with Crippen LogP contribution in [-0.2, 0) is 24.3 Å². The second kappa shape index (κ2) is 13.2.